The van der Waals surface area contributed by atoms with Crippen molar-refractivity contribution in [2.75, 3.05) is 31.4 Å². The second kappa shape index (κ2) is 7.78. The number of nitrogens with zero attached hydrogens (tertiary/aromatic N) is 2. The van der Waals surface area contributed by atoms with Crippen LogP contribution in [0.25, 0.3) is 0 Å². The van der Waals surface area contributed by atoms with Crippen LogP contribution in [0.4, 0.5) is 5.69 Å². The lowest BCUT2D eigenvalue weighted by Gasteiger charge is -2.18. The highest BCUT2D eigenvalue weighted by Crippen LogP contribution is 2.21. The Morgan fingerprint density at radius 1 is 1.47 bits per heavy atom. The predicted octanol–water partition coefficient (Wildman–Crippen LogP) is 1.43. The van der Waals surface area contributed by atoms with Gasteiger partial charge in [0.1, 0.15) is 0 Å². The van der Waals surface area contributed by atoms with E-state index in [1.54, 1.807) is 19.3 Å². The van der Waals surface area contributed by atoms with Crippen LogP contribution >= 0.6 is 15.9 Å². The van der Waals surface area contributed by atoms with Gasteiger partial charge in [0, 0.05) is 26.0 Å². The van der Waals surface area contributed by atoms with Crippen LogP contribution < -0.4 is 10.0 Å². The van der Waals surface area contributed by atoms with Crippen molar-refractivity contribution in [3.05, 3.63) is 22.9 Å². The molecule has 0 saturated carbocycles. The third-order valence-corrected chi connectivity index (χ3v) is 4.61. The summed E-state index contributed by atoms with van der Waals surface area (Å²) in [6.45, 7) is 4.17. The third-order valence-electron chi connectivity index (χ3n) is 2.50. The molecule has 2 N–H and O–H groups in total. The molecule has 0 aliphatic heterocycles. The fourth-order valence-electron chi connectivity index (χ4n) is 1.40. The Labute approximate surface area is 122 Å². The summed E-state index contributed by atoms with van der Waals surface area (Å²) < 4.78 is 28.6. The minimum atomic E-state index is -3.53. The van der Waals surface area contributed by atoms with Crippen molar-refractivity contribution in [2.24, 2.45) is 0 Å². The molecule has 1 aromatic heterocycles. The molecule has 6 nitrogen and oxygen atoms in total. The molecule has 0 aliphatic rings. The Kier molecular flexibility index (Phi) is 6.70. The van der Waals surface area contributed by atoms with Crippen molar-refractivity contribution in [1.29, 1.82) is 0 Å². The number of hydrogen-bond donors (Lipinski definition) is 2. The summed E-state index contributed by atoms with van der Waals surface area (Å²) in [7, 11) is -1.97. The first-order valence-electron chi connectivity index (χ1n) is 6.01. The molecule has 0 bridgehead atoms. The predicted molar refractivity (Wildman–Crippen MR) is 80.3 cm³/mol. The second-order valence-corrected chi connectivity index (χ2v) is 6.62. The van der Waals surface area contributed by atoms with Gasteiger partial charge in [-0.2, -0.15) is 12.7 Å². The van der Waals surface area contributed by atoms with Gasteiger partial charge in [-0.15, -0.1) is 0 Å². The number of nitrogens with one attached hydrogen (secondary N) is 2. The molecule has 0 saturated heterocycles. The average Bonchev–Trinajstić information content (AvgIpc) is 2.37. The van der Waals surface area contributed by atoms with Crippen LogP contribution in [0.1, 0.15) is 13.3 Å². The van der Waals surface area contributed by atoms with Crippen LogP contribution in [-0.4, -0.2) is 44.4 Å². The van der Waals surface area contributed by atoms with E-state index in [4.69, 9.17) is 0 Å². The molecular weight excluding hydrogens is 332 g/mol. The molecule has 0 fully saturated rings. The highest BCUT2D eigenvalue weighted by atomic mass is 79.9. The minimum Gasteiger partial charge on any atom is -0.317 e. The Bertz CT molecular complexity index is 495. The summed E-state index contributed by atoms with van der Waals surface area (Å²) in [6.07, 6.45) is 3.85. The van der Waals surface area contributed by atoms with E-state index in [9.17, 15) is 8.42 Å². The molecule has 0 aliphatic carbocycles. The molecule has 1 heterocycles. The third kappa shape index (κ3) is 5.43. The van der Waals surface area contributed by atoms with E-state index in [0.29, 0.717) is 16.7 Å². The van der Waals surface area contributed by atoms with E-state index in [1.807, 2.05) is 6.92 Å². The van der Waals surface area contributed by atoms with Crippen LogP contribution in [0.2, 0.25) is 0 Å². The van der Waals surface area contributed by atoms with Gasteiger partial charge in [0.25, 0.3) is 0 Å². The van der Waals surface area contributed by atoms with E-state index in [1.165, 1.54) is 10.5 Å². The van der Waals surface area contributed by atoms with E-state index in [-0.39, 0.29) is 0 Å². The molecular formula is C11H19BrN4O2S. The van der Waals surface area contributed by atoms with E-state index in [2.05, 4.69) is 31.0 Å². The Morgan fingerprint density at radius 2 is 2.21 bits per heavy atom. The fourth-order valence-corrected chi connectivity index (χ4v) is 2.86. The topological polar surface area (TPSA) is 74.3 Å². The van der Waals surface area contributed by atoms with Gasteiger partial charge in [0.15, 0.2) is 0 Å². The van der Waals surface area contributed by atoms with Crippen molar-refractivity contribution in [1.82, 2.24) is 14.6 Å². The van der Waals surface area contributed by atoms with Gasteiger partial charge in [-0.1, -0.05) is 6.92 Å². The molecule has 1 aromatic rings. The lowest BCUT2D eigenvalue weighted by molar-refractivity contribution is 0.459. The van der Waals surface area contributed by atoms with Crippen molar-refractivity contribution < 1.29 is 8.42 Å². The molecule has 1 rings (SSSR count). The quantitative estimate of drug-likeness (QED) is 0.695. The number of hydrogen-bond acceptors (Lipinski definition) is 4. The zero-order chi connectivity index (χ0) is 14.3. The van der Waals surface area contributed by atoms with E-state index in [0.717, 1.165) is 19.5 Å². The molecule has 8 heteroatoms. The Morgan fingerprint density at radius 3 is 2.84 bits per heavy atom. The molecule has 19 heavy (non-hydrogen) atoms. The van der Waals surface area contributed by atoms with Crippen molar-refractivity contribution >= 4 is 31.8 Å². The lowest BCUT2D eigenvalue weighted by Crippen LogP contribution is -2.34. The van der Waals surface area contributed by atoms with Crippen molar-refractivity contribution in [3.8, 4) is 0 Å². The average molecular weight is 351 g/mol. The van der Waals surface area contributed by atoms with Crippen LogP contribution in [0.15, 0.2) is 22.9 Å². The molecule has 0 amide bonds. The molecule has 0 spiro atoms. The van der Waals surface area contributed by atoms with Crippen molar-refractivity contribution in [2.45, 2.75) is 13.3 Å². The number of pyridine rings is 1. The van der Waals surface area contributed by atoms with Gasteiger partial charge < -0.3 is 5.32 Å². The van der Waals surface area contributed by atoms with Crippen molar-refractivity contribution in [3.63, 3.8) is 0 Å². The Balaban J connectivity index is 2.58. The zero-order valence-corrected chi connectivity index (χ0v) is 13.5. The van der Waals surface area contributed by atoms with Gasteiger partial charge in [-0.25, -0.2) is 0 Å². The second-order valence-electron chi connectivity index (χ2n) is 3.99. The first-order valence-corrected chi connectivity index (χ1v) is 8.25. The Hall–Kier alpha value is -0.700. The molecule has 0 unspecified atom stereocenters. The minimum absolute atomic E-state index is 0.463. The standard InChI is InChI=1S/C11H19BrN4O2S/c1-3-13-6-4-8-16(2)19(17,18)15-11-5-7-14-9-10(11)12/h5,7,9,13H,3-4,6,8H2,1-2H3,(H,14,15). The van der Waals surface area contributed by atoms with Gasteiger partial charge >= 0.3 is 10.2 Å². The summed E-state index contributed by atoms with van der Waals surface area (Å²) in [5.74, 6) is 0. The normalized spacial score (nSPS) is 11.8. The highest BCUT2D eigenvalue weighted by Gasteiger charge is 2.17. The number of halogens is 1. The monoisotopic (exact) mass is 350 g/mol. The van der Waals surface area contributed by atoms with Gasteiger partial charge in [0.2, 0.25) is 0 Å². The SMILES string of the molecule is CCNCCCN(C)S(=O)(=O)Nc1ccncc1Br. The van der Waals surface area contributed by atoms with Crippen LogP contribution in [-0.2, 0) is 10.2 Å². The summed E-state index contributed by atoms with van der Waals surface area (Å²) >= 11 is 3.25. The zero-order valence-electron chi connectivity index (χ0n) is 11.1. The summed E-state index contributed by atoms with van der Waals surface area (Å²) in [5.41, 5.74) is 0.480. The van der Waals surface area contributed by atoms with Crippen LogP contribution in [0, 0.1) is 0 Å². The smallest absolute Gasteiger partial charge is 0.301 e. The highest BCUT2D eigenvalue weighted by molar-refractivity contribution is 9.10. The maximum atomic E-state index is 12.1. The molecule has 108 valence electrons. The maximum absolute atomic E-state index is 12.1. The van der Waals surface area contributed by atoms with E-state index >= 15 is 0 Å². The van der Waals surface area contributed by atoms with Gasteiger partial charge in [-0.3, -0.25) is 9.71 Å². The van der Waals surface area contributed by atoms with Gasteiger partial charge in [-0.05, 0) is 41.5 Å². The van der Waals surface area contributed by atoms with E-state index < -0.39 is 10.2 Å². The summed E-state index contributed by atoms with van der Waals surface area (Å²) in [6, 6.07) is 1.61. The number of anilines is 1. The first kappa shape index (κ1) is 16.4. The van der Waals surface area contributed by atoms with Crippen LogP contribution in [0.3, 0.4) is 0 Å². The molecule has 0 atom stereocenters. The lowest BCUT2D eigenvalue weighted by atomic mass is 10.4. The summed E-state index contributed by atoms with van der Waals surface area (Å²) in [4.78, 5) is 3.89. The van der Waals surface area contributed by atoms with Gasteiger partial charge in [0.05, 0.1) is 10.2 Å². The number of rotatable bonds is 8. The largest absolute Gasteiger partial charge is 0.317 e. The first-order chi connectivity index (χ1) is 8.97. The maximum Gasteiger partial charge on any atom is 0.301 e. The summed E-state index contributed by atoms with van der Waals surface area (Å²) in [5, 5.41) is 3.16. The fraction of sp³-hybridized carbons (Fsp3) is 0.545. The van der Waals surface area contributed by atoms with Crippen LogP contribution in [0.5, 0.6) is 0 Å². The number of aromatic nitrogens is 1. The molecule has 0 radical (unpaired) electrons. The molecule has 0 aromatic carbocycles.